The fraction of sp³-hybridized carbons (Fsp3) is 0.385. The average molecular weight is 348 g/mol. The third-order valence-corrected chi connectivity index (χ3v) is 3.31. The van der Waals surface area contributed by atoms with Crippen molar-refractivity contribution in [3.05, 3.63) is 34.1 Å². The SMILES string of the molecule is COCCCC(NC(=O)c1cc(F)ccc1Br)C(=O)O. The number of nitrogens with one attached hydrogen (secondary N) is 1. The Morgan fingerprint density at radius 1 is 1.50 bits per heavy atom. The minimum atomic E-state index is -1.14. The van der Waals surface area contributed by atoms with Crippen LogP contribution in [0.25, 0.3) is 0 Å². The van der Waals surface area contributed by atoms with E-state index in [0.717, 1.165) is 6.07 Å². The number of hydrogen-bond acceptors (Lipinski definition) is 3. The minimum Gasteiger partial charge on any atom is -0.480 e. The lowest BCUT2D eigenvalue weighted by molar-refractivity contribution is -0.139. The van der Waals surface area contributed by atoms with Gasteiger partial charge in [0.05, 0.1) is 5.56 Å². The Morgan fingerprint density at radius 2 is 2.20 bits per heavy atom. The molecule has 2 N–H and O–H groups in total. The molecule has 0 aliphatic rings. The highest BCUT2D eigenvalue weighted by Gasteiger charge is 2.21. The molecule has 7 heteroatoms. The molecule has 20 heavy (non-hydrogen) atoms. The number of amides is 1. The first-order valence-corrected chi connectivity index (χ1v) is 6.72. The van der Waals surface area contributed by atoms with E-state index < -0.39 is 23.7 Å². The molecule has 0 aliphatic heterocycles. The first-order valence-electron chi connectivity index (χ1n) is 5.93. The molecule has 1 atom stereocenters. The van der Waals surface area contributed by atoms with Crippen molar-refractivity contribution in [2.45, 2.75) is 18.9 Å². The Bertz CT molecular complexity index is 495. The summed E-state index contributed by atoms with van der Waals surface area (Å²) >= 11 is 3.13. The number of carbonyl (C=O) groups is 2. The number of halogens is 2. The molecule has 0 saturated heterocycles. The van der Waals surface area contributed by atoms with Crippen LogP contribution in [0.1, 0.15) is 23.2 Å². The number of benzene rings is 1. The van der Waals surface area contributed by atoms with Crippen molar-refractivity contribution in [2.75, 3.05) is 13.7 Å². The zero-order valence-corrected chi connectivity index (χ0v) is 12.4. The Labute approximate surface area is 124 Å². The first-order chi connectivity index (χ1) is 9.45. The molecular formula is C13H15BrFNO4. The number of carbonyl (C=O) groups excluding carboxylic acids is 1. The van der Waals surface area contributed by atoms with Gasteiger partial charge in [-0.05, 0) is 47.0 Å². The van der Waals surface area contributed by atoms with E-state index in [9.17, 15) is 14.0 Å². The summed E-state index contributed by atoms with van der Waals surface area (Å²) in [4.78, 5) is 23.0. The van der Waals surface area contributed by atoms with Gasteiger partial charge in [0, 0.05) is 18.2 Å². The third-order valence-electron chi connectivity index (χ3n) is 2.62. The molecule has 5 nitrogen and oxygen atoms in total. The summed E-state index contributed by atoms with van der Waals surface area (Å²) in [5.74, 6) is -2.34. The van der Waals surface area contributed by atoms with Gasteiger partial charge in [0.1, 0.15) is 11.9 Å². The van der Waals surface area contributed by atoms with Crippen molar-refractivity contribution in [2.24, 2.45) is 0 Å². The van der Waals surface area contributed by atoms with E-state index in [0.29, 0.717) is 17.5 Å². The molecule has 1 aromatic rings. The second-order valence-corrected chi connectivity index (χ2v) is 4.98. The van der Waals surface area contributed by atoms with Crippen LogP contribution < -0.4 is 5.32 Å². The topological polar surface area (TPSA) is 75.6 Å². The number of carboxylic acid groups (broad SMARTS) is 1. The monoisotopic (exact) mass is 347 g/mol. The zero-order chi connectivity index (χ0) is 15.1. The molecule has 0 fully saturated rings. The van der Waals surface area contributed by atoms with Crippen LogP contribution in [0.5, 0.6) is 0 Å². The van der Waals surface area contributed by atoms with Gasteiger partial charge in [-0.15, -0.1) is 0 Å². The van der Waals surface area contributed by atoms with Gasteiger partial charge in [-0.25, -0.2) is 9.18 Å². The number of aliphatic carboxylic acids is 1. The summed E-state index contributed by atoms with van der Waals surface area (Å²) in [6.45, 7) is 0.406. The fourth-order valence-corrected chi connectivity index (χ4v) is 2.02. The van der Waals surface area contributed by atoms with Gasteiger partial charge in [0.2, 0.25) is 0 Å². The third kappa shape index (κ3) is 4.90. The Morgan fingerprint density at radius 3 is 2.80 bits per heavy atom. The molecule has 0 spiro atoms. The summed E-state index contributed by atoms with van der Waals surface area (Å²) in [6, 6.07) is 2.61. The Balaban J connectivity index is 2.75. The van der Waals surface area contributed by atoms with E-state index in [2.05, 4.69) is 21.2 Å². The van der Waals surface area contributed by atoms with Crippen molar-refractivity contribution < 1.29 is 23.8 Å². The summed E-state index contributed by atoms with van der Waals surface area (Å²) in [5.41, 5.74) is 0.0583. The van der Waals surface area contributed by atoms with Crippen molar-refractivity contribution in [1.82, 2.24) is 5.32 Å². The molecule has 110 valence electrons. The van der Waals surface area contributed by atoms with Crippen molar-refractivity contribution in [3.63, 3.8) is 0 Å². The van der Waals surface area contributed by atoms with Gasteiger partial charge in [0.15, 0.2) is 0 Å². The smallest absolute Gasteiger partial charge is 0.326 e. The number of methoxy groups -OCH3 is 1. The van der Waals surface area contributed by atoms with Crippen LogP contribution in [-0.4, -0.2) is 36.7 Å². The van der Waals surface area contributed by atoms with Gasteiger partial charge in [-0.2, -0.15) is 0 Å². The predicted octanol–water partition coefficient (Wildman–Crippen LogP) is 2.20. The summed E-state index contributed by atoms with van der Waals surface area (Å²) in [6.07, 6.45) is 0.736. The fourth-order valence-electron chi connectivity index (χ4n) is 1.60. The van der Waals surface area contributed by atoms with E-state index >= 15 is 0 Å². The molecule has 1 unspecified atom stereocenters. The van der Waals surface area contributed by atoms with Crippen LogP contribution in [0.3, 0.4) is 0 Å². The van der Waals surface area contributed by atoms with E-state index in [1.54, 1.807) is 0 Å². The Hall–Kier alpha value is -1.47. The van der Waals surface area contributed by atoms with Crippen LogP contribution in [0.15, 0.2) is 22.7 Å². The number of ether oxygens (including phenoxy) is 1. The highest BCUT2D eigenvalue weighted by atomic mass is 79.9. The van der Waals surface area contributed by atoms with Gasteiger partial charge in [-0.3, -0.25) is 4.79 Å². The lowest BCUT2D eigenvalue weighted by Gasteiger charge is -2.15. The van der Waals surface area contributed by atoms with Crippen LogP contribution >= 0.6 is 15.9 Å². The Kier molecular flexibility index (Phi) is 6.60. The molecule has 1 amide bonds. The van der Waals surface area contributed by atoms with E-state index in [4.69, 9.17) is 9.84 Å². The molecule has 0 aromatic heterocycles. The van der Waals surface area contributed by atoms with E-state index in [-0.39, 0.29) is 12.0 Å². The second kappa shape index (κ2) is 7.96. The molecule has 0 bridgehead atoms. The van der Waals surface area contributed by atoms with E-state index in [1.807, 2.05) is 0 Å². The predicted molar refractivity (Wildman–Crippen MR) is 74.1 cm³/mol. The molecule has 0 saturated carbocycles. The normalized spacial score (nSPS) is 11.9. The minimum absolute atomic E-state index is 0.0583. The quantitative estimate of drug-likeness (QED) is 0.741. The van der Waals surface area contributed by atoms with Crippen LogP contribution in [0, 0.1) is 5.82 Å². The summed E-state index contributed by atoms with van der Waals surface area (Å²) in [5, 5.41) is 11.4. The maximum Gasteiger partial charge on any atom is 0.326 e. The van der Waals surface area contributed by atoms with Gasteiger partial charge >= 0.3 is 5.97 Å². The zero-order valence-electron chi connectivity index (χ0n) is 10.9. The highest BCUT2D eigenvalue weighted by Crippen LogP contribution is 2.18. The highest BCUT2D eigenvalue weighted by molar-refractivity contribution is 9.10. The maximum atomic E-state index is 13.1. The number of hydrogen-bond donors (Lipinski definition) is 2. The first kappa shape index (κ1) is 16.6. The molecule has 0 heterocycles. The second-order valence-electron chi connectivity index (χ2n) is 4.12. The summed E-state index contributed by atoms with van der Waals surface area (Å²) < 4.78 is 18.4. The van der Waals surface area contributed by atoms with Crippen molar-refractivity contribution >= 4 is 27.8 Å². The van der Waals surface area contributed by atoms with Gasteiger partial charge in [-0.1, -0.05) is 0 Å². The molecule has 0 aliphatic carbocycles. The van der Waals surface area contributed by atoms with Gasteiger partial charge < -0.3 is 15.2 Å². The van der Waals surface area contributed by atoms with Crippen LogP contribution in [-0.2, 0) is 9.53 Å². The lowest BCUT2D eigenvalue weighted by Crippen LogP contribution is -2.41. The lowest BCUT2D eigenvalue weighted by atomic mass is 10.1. The average Bonchev–Trinajstić information content (AvgIpc) is 2.40. The molecule has 1 aromatic carbocycles. The molecule has 0 radical (unpaired) electrons. The standard InChI is InChI=1S/C13H15BrFNO4/c1-20-6-2-3-11(13(18)19)16-12(17)9-7-8(15)4-5-10(9)14/h4-5,7,11H,2-3,6H2,1H3,(H,16,17)(H,18,19). The molecule has 1 rings (SSSR count). The summed E-state index contributed by atoms with van der Waals surface area (Å²) in [7, 11) is 1.51. The van der Waals surface area contributed by atoms with Gasteiger partial charge in [0.25, 0.3) is 5.91 Å². The van der Waals surface area contributed by atoms with Crippen molar-refractivity contribution in [1.29, 1.82) is 0 Å². The molecular weight excluding hydrogens is 333 g/mol. The van der Waals surface area contributed by atoms with Crippen LogP contribution in [0.2, 0.25) is 0 Å². The number of rotatable bonds is 7. The van der Waals surface area contributed by atoms with Crippen LogP contribution in [0.4, 0.5) is 4.39 Å². The van der Waals surface area contributed by atoms with E-state index in [1.165, 1.54) is 19.2 Å². The maximum absolute atomic E-state index is 13.1. The number of carboxylic acids is 1. The largest absolute Gasteiger partial charge is 0.480 e. The van der Waals surface area contributed by atoms with Crippen molar-refractivity contribution in [3.8, 4) is 0 Å².